The number of carbonyl (C=O) groups is 2. The number of unbranched alkanes of at least 4 members (excludes halogenated alkanes) is 3. The molecule has 0 atom stereocenters. The van der Waals surface area contributed by atoms with Crippen LogP contribution in [0.2, 0.25) is 5.02 Å². The van der Waals surface area contributed by atoms with Gasteiger partial charge in [0.1, 0.15) is 5.75 Å². The van der Waals surface area contributed by atoms with Gasteiger partial charge in [0.2, 0.25) is 0 Å². The van der Waals surface area contributed by atoms with Crippen molar-refractivity contribution in [2.75, 3.05) is 0 Å². The molecule has 0 unspecified atom stereocenters. The van der Waals surface area contributed by atoms with E-state index in [1.807, 2.05) is 12.1 Å². The molecule has 0 saturated heterocycles. The van der Waals surface area contributed by atoms with E-state index < -0.39 is 5.97 Å². The van der Waals surface area contributed by atoms with Crippen molar-refractivity contribution < 1.29 is 14.3 Å². The van der Waals surface area contributed by atoms with Gasteiger partial charge >= 0.3 is 5.97 Å². The standard InChI is InChI=1S/C22H23ClO3/c1-2-3-4-5-9-20(24)16-13-17-8-6-7-10-21(17)26-22(25)18-11-14-19(23)15-12-18/h6-8,10-16H,2-5,9H2,1H3. The first-order valence-electron chi connectivity index (χ1n) is 8.88. The van der Waals surface area contributed by atoms with Crippen molar-refractivity contribution in [3.8, 4) is 5.75 Å². The zero-order valence-electron chi connectivity index (χ0n) is 14.9. The number of carbonyl (C=O) groups excluding carboxylic acids is 2. The summed E-state index contributed by atoms with van der Waals surface area (Å²) in [5.74, 6) is 0.0378. The maximum atomic E-state index is 12.3. The first-order valence-corrected chi connectivity index (χ1v) is 9.25. The molecule has 2 aromatic rings. The van der Waals surface area contributed by atoms with E-state index in [1.54, 1.807) is 48.6 Å². The van der Waals surface area contributed by atoms with Crippen LogP contribution in [0.4, 0.5) is 0 Å². The van der Waals surface area contributed by atoms with E-state index in [2.05, 4.69) is 6.92 Å². The Kier molecular flexibility index (Phi) is 8.10. The minimum Gasteiger partial charge on any atom is -0.422 e. The fraction of sp³-hybridized carbons (Fsp3) is 0.273. The van der Waals surface area contributed by atoms with Gasteiger partial charge in [0.05, 0.1) is 5.56 Å². The molecule has 4 heteroatoms. The summed E-state index contributed by atoms with van der Waals surface area (Å²) in [6.45, 7) is 2.14. The summed E-state index contributed by atoms with van der Waals surface area (Å²) < 4.78 is 5.47. The molecule has 0 fully saturated rings. The Bertz CT molecular complexity index is 763. The van der Waals surface area contributed by atoms with E-state index in [0.29, 0.717) is 28.3 Å². The molecule has 0 saturated carbocycles. The van der Waals surface area contributed by atoms with Crippen molar-refractivity contribution in [2.24, 2.45) is 0 Å². The quantitative estimate of drug-likeness (QED) is 0.231. The minimum atomic E-state index is -0.464. The van der Waals surface area contributed by atoms with Crippen LogP contribution in [0.25, 0.3) is 6.08 Å². The molecule has 0 aliphatic heterocycles. The third-order valence-electron chi connectivity index (χ3n) is 3.93. The zero-order valence-corrected chi connectivity index (χ0v) is 15.7. The third-order valence-corrected chi connectivity index (χ3v) is 4.18. The van der Waals surface area contributed by atoms with Gasteiger partial charge in [0, 0.05) is 17.0 Å². The Morgan fingerprint density at radius 1 is 1.00 bits per heavy atom. The van der Waals surface area contributed by atoms with Gasteiger partial charge in [-0.05, 0) is 48.9 Å². The second-order valence-electron chi connectivity index (χ2n) is 6.04. The van der Waals surface area contributed by atoms with Crippen LogP contribution in [-0.4, -0.2) is 11.8 Å². The van der Waals surface area contributed by atoms with Gasteiger partial charge in [0.25, 0.3) is 0 Å². The van der Waals surface area contributed by atoms with Crippen LogP contribution < -0.4 is 4.74 Å². The Labute approximate surface area is 159 Å². The molecular weight excluding hydrogens is 348 g/mol. The first kappa shape index (κ1) is 19.9. The maximum Gasteiger partial charge on any atom is 0.343 e. The van der Waals surface area contributed by atoms with E-state index in [0.717, 1.165) is 25.7 Å². The van der Waals surface area contributed by atoms with E-state index in [4.69, 9.17) is 16.3 Å². The molecule has 0 aliphatic carbocycles. The molecular formula is C22H23ClO3. The summed E-state index contributed by atoms with van der Waals surface area (Å²) >= 11 is 5.83. The Morgan fingerprint density at radius 2 is 1.73 bits per heavy atom. The van der Waals surface area contributed by atoms with Crippen LogP contribution in [0.1, 0.15) is 54.9 Å². The average molecular weight is 371 g/mol. The highest BCUT2D eigenvalue weighted by atomic mass is 35.5. The number of ketones is 1. The monoisotopic (exact) mass is 370 g/mol. The maximum absolute atomic E-state index is 12.3. The summed E-state index contributed by atoms with van der Waals surface area (Å²) in [5, 5.41) is 0.558. The lowest BCUT2D eigenvalue weighted by molar-refractivity contribution is -0.114. The molecule has 0 spiro atoms. The number of rotatable bonds is 9. The molecule has 2 aromatic carbocycles. The second-order valence-corrected chi connectivity index (χ2v) is 6.48. The van der Waals surface area contributed by atoms with Gasteiger partial charge in [-0.1, -0.05) is 56.0 Å². The van der Waals surface area contributed by atoms with Crippen LogP contribution in [0.3, 0.4) is 0 Å². The minimum absolute atomic E-state index is 0.0833. The fourth-order valence-corrected chi connectivity index (χ4v) is 2.57. The predicted molar refractivity (Wildman–Crippen MR) is 106 cm³/mol. The lowest BCUT2D eigenvalue weighted by atomic mass is 10.1. The molecule has 0 heterocycles. The number of hydrogen-bond acceptors (Lipinski definition) is 3. The van der Waals surface area contributed by atoms with Crippen molar-refractivity contribution in [1.82, 2.24) is 0 Å². The van der Waals surface area contributed by atoms with Crippen LogP contribution in [0.15, 0.2) is 54.6 Å². The number of benzene rings is 2. The Hall–Kier alpha value is -2.39. The number of para-hydroxylation sites is 1. The highest BCUT2D eigenvalue weighted by molar-refractivity contribution is 6.30. The number of allylic oxidation sites excluding steroid dienone is 1. The summed E-state index contributed by atoms with van der Waals surface area (Å²) in [6, 6.07) is 13.7. The van der Waals surface area contributed by atoms with Gasteiger partial charge in [-0.25, -0.2) is 4.79 Å². The molecule has 0 aliphatic rings. The number of hydrogen-bond donors (Lipinski definition) is 0. The highest BCUT2D eigenvalue weighted by Crippen LogP contribution is 2.21. The summed E-state index contributed by atoms with van der Waals surface area (Å²) in [7, 11) is 0. The summed E-state index contributed by atoms with van der Waals surface area (Å²) in [5.41, 5.74) is 1.11. The van der Waals surface area contributed by atoms with Crippen molar-refractivity contribution in [1.29, 1.82) is 0 Å². The van der Waals surface area contributed by atoms with Gasteiger partial charge in [0.15, 0.2) is 5.78 Å². The molecule has 0 N–H and O–H groups in total. The van der Waals surface area contributed by atoms with Gasteiger partial charge in [-0.3, -0.25) is 4.79 Å². The molecule has 2 rings (SSSR count). The van der Waals surface area contributed by atoms with E-state index in [9.17, 15) is 9.59 Å². The lowest BCUT2D eigenvalue weighted by Gasteiger charge is -2.07. The van der Waals surface area contributed by atoms with E-state index in [-0.39, 0.29) is 5.78 Å². The lowest BCUT2D eigenvalue weighted by Crippen LogP contribution is -2.09. The van der Waals surface area contributed by atoms with Gasteiger partial charge in [-0.2, -0.15) is 0 Å². The summed E-state index contributed by atoms with van der Waals surface area (Å²) in [4.78, 5) is 24.2. The van der Waals surface area contributed by atoms with E-state index in [1.165, 1.54) is 0 Å². The predicted octanol–water partition coefficient (Wildman–Crippen LogP) is 6.11. The van der Waals surface area contributed by atoms with Crippen molar-refractivity contribution >= 4 is 29.4 Å². The molecule has 0 bridgehead atoms. The largest absolute Gasteiger partial charge is 0.422 e. The number of ether oxygens (including phenoxy) is 1. The fourth-order valence-electron chi connectivity index (χ4n) is 2.45. The zero-order chi connectivity index (χ0) is 18.8. The number of esters is 1. The SMILES string of the molecule is CCCCCCC(=O)C=Cc1ccccc1OC(=O)c1ccc(Cl)cc1. The molecule has 3 nitrogen and oxygen atoms in total. The van der Waals surface area contributed by atoms with Gasteiger partial charge < -0.3 is 4.74 Å². The van der Waals surface area contributed by atoms with Crippen molar-refractivity contribution in [3.05, 3.63) is 70.8 Å². The van der Waals surface area contributed by atoms with Crippen LogP contribution in [0.5, 0.6) is 5.75 Å². The first-order chi connectivity index (χ1) is 12.6. The Balaban J connectivity index is 2.00. The number of halogens is 1. The van der Waals surface area contributed by atoms with Crippen molar-refractivity contribution in [2.45, 2.75) is 39.0 Å². The molecule has 0 aromatic heterocycles. The van der Waals surface area contributed by atoms with Gasteiger partial charge in [-0.15, -0.1) is 0 Å². The van der Waals surface area contributed by atoms with Crippen LogP contribution >= 0.6 is 11.6 Å². The van der Waals surface area contributed by atoms with Crippen LogP contribution in [0, 0.1) is 0 Å². The Morgan fingerprint density at radius 3 is 2.46 bits per heavy atom. The average Bonchev–Trinajstić information content (AvgIpc) is 2.65. The molecule has 26 heavy (non-hydrogen) atoms. The summed E-state index contributed by atoms with van der Waals surface area (Å²) in [6.07, 6.45) is 8.09. The molecule has 0 amide bonds. The second kappa shape index (κ2) is 10.6. The van der Waals surface area contributed by atoms with Crippen LogP contribution in [-0.2, 0) is 4.79 Å². The third kappa shape index (κ3) is 6.49. The van der Waals surface area contributed by atoms with E-state index >= 15 is 0 Å². The normalized spacial score (nSPS) is 10.8. The molecule has 136 valence electrons. The van der Waals surface area contributed by atoms with Crippen molar-refractivity contribution in [3.63, 3.8) is 0 Å². The highest BCUT2D eigenvalue weighted by Gasteiger charge is 2.10. The topological polar surface area (TPSA) is 43.4 Å². The smallest absolute Gasteiger partial charge is 0.343 e. The molecule has 0 radical (unpaired) electrons.